The van der Waals surface area contributed by atoms with Crippen LogP contribution in [0.25, 0.3) is 0 Å². The first kappa shape index (κ1) is 69.4. The average Bonchev–Trinajstić information content (AvgIpc) is 3.38. The molecule has 0 radical (unpaired) electrons. The van der Waals surface area contributed by atoms with E-state index in [0.29, 0.717) is 19.3 Å². The minimum atomic E-state index is -0.791. The summed E-state index contributed by atoms with van der Waals surface area (Å²) in [5.41, 5.74) is 0. The fraction of sp³-hybridized carbons (Fsp3) is 0.833. The van der Waals surface area contributed by atoms with E-state index < -0.39 is 6.10 Å². The van der Waals surface area contributed by atoms with E-state index in [9.17, 15) is 14.4 Å². The van der Waals surface area contributed by atoms with Gasteiger partial charge in [0, 0.05) is 19.3 Å². The van der Waals surface area contributed by atoms with E-state index in [2.05, 4.69) is 69.4 Å². The van der Waals surface area contributed by atoms with Gasteiger partial charge in [-0.25, -0.2) is 0 Å². The molecule has 6 heteroatoms. The third-order valence-corrected chi connectivity index (χ3v) is 14.1. The molecule has 0 N–H and O–H groups in total. The van der Waals surface area contributed by atoms with Crippen molar-refractivity contribution in [2.75, 3.05) is 13.2 Å². The summed E-state index contributed by atoms with van der Waals surface area (Å²) in [6.07, 6.45) is 75.7. The Hall–Kier alpha value is -2.63. The molecule has 0 aromatic rings. The number of allylic oxidation sites excluding steroid dienone is 8. The molecule has 0 spiro atoms. The second kappa shape index (κ2) is 60.9. The topological polar surface area (TPSA) is 78.9 Å². The van der Waals surface area contributed by atoms with E-state index in [1.165, 1.54) is 212 Å². The maximum absolute atomic E-state index is 12.8. The maximum atomic E-state index is 12.8. The number of hydrogen-bond donors (Lipinski definition) is 0. The molecule has 0 aromatic carbocycles. The van der Waals surface area contributed by atoms with E-state index in [-0.39, 0.29) is 37.5 Å². The fourth-order valence-electron chi connectivity index (χ4n) is 9.38. The van der Waals surface area contributed by atoms with Crippen molar-refractivity contribution >= 4 is 17.9 Å². The average molecular weight is 1010 g/mol. The van der Waals surface area contributed by atoms with E-state index in [4.69, 9.17) is 14.2 Å². The van der Waals surface area contributed by atoms with Crippen molar-refractivity contribution in [3.8, 4) is 0 Å². The summed E-state index contributed by atoms with van der Waals surface area (Å²) in [6, 6.07) is 0. The van der Waals surface area contributed by atoms with Gasteiger partial charge in [0.25, 0.3) is 0 Å². The monoisotopic (exact) mass is 1010 g/mol. The molecule has 0 saturated heterocycles. The molecule has 0 aliphatic heterocycles. The van der Waals surface area contributed by atoms with Crippen molar-refractivity contribution in [3.05, 3.63) is 48.6 Å². The quantitative estimate of drug-likeness (QED) is 0.0261. The Morgan fingerprint density at radius 1 is 0.292 bits per heavy atom. The Morgan fingerprint density at radius 2 is 0.542 bits per heavy atom. The molecule has 0 fully saturated rings. The molecule has 0 bridgehead atoms. The third kappa shape index (κ3) is 58.3. The van der Waals surface area contributed by atoms with Gasteiger partial charge >= 0.3 is 17.9 Å². The Bertz CT molecular complexity index is 1250. The van der Waals surface area contributed by atoms with Gasteiger partial charge in [0.2, 0.25) is 0 Å². The van der Waals surface area contributed by atoms with Crippen molar-refractivity contribution < 1.29 is 28.6 Å². The zero-order chi connectivity index (χ0) is 52.2. The molecule has 1 atom stereocenters. The Balaban J connectivity index is 4.16. The summed E-state index contributed by atoms with van der Waals surface area (Å²) in [4.78, 5) is 38.1. The van der Waals surface area contributed by atoms with Gasteiger partial charge in [-0.15, -0.1) is 0 Å². The molecule has 0 aliphatic carbocycles. The molecule has 6 nitrogen and oxygen atoms in total. The largest absolute Gasteiger partial charge is 0.462 e. The van der Waals surface area contributed by atoms with E-state index >= 15 is 0 Å². The van der Waals surface area contributed by atoms with Crippen LogP contribution >= 0.6 is 0 Å². The standard InChI is InChI=1S/C66H120O6/c1-4-7-10-13-16-19-22-24-26-27-28-29-30-31-32-33-34-35-36-37-38-40-41-44-47-50-53-56-59-65(68)71-62-63(61-70-64(67)58-55-52-49-46-43-21-18-15-12-9-6-3)72-66(69)60-57-54-51-48-45-42-39-25-23-20-17-14-11-8-5-2/h8,11,17,20,25,39,45,48,63H,4-7,9-10,12-16,18-19,21-24,26-38,40-44,46-47,49-62H2,1-3H3/b11-8-,20-17-,39-25-,48-45-. The van der Waals surface area contributed by atoms with Gasteiger partial charge in [-0.2, -0.15) is 0 Å². The zero-order valence-electron chi connectivity index (χ0n) is 48.2. The second-order valence-corrected chi connectivity index (χ2v) is 21.3. The van der Waals surface area contributed by atoms with E-state index in [0.717, 1.165) is 77.0 Å². The van der Waals surface area contributed by atoms with E-state index in [1.54, 1.807) is 0 Å². The van der Waals surface area contributed by atoms with Crippen molar-refractivity contribution in [2.24, 2.45) is 0 Å². The Labute approximate surface area is 448 Å². The summed E-state index contributed by atoms with van der Waals surface area (Å²) in [6.45, 7) is 6.53. The van der Waals surface area contributed by atoms with Crippen LogP contribution in [0.15, 0.2) is 48.6 Å². The molecular formula is C66H120O6. The summed E-state index contributed by atoms with van der Waals surface area (Å²) in [7, 11) is 0. The third-order valence-electron chi connectivity index (χ3n) is 14.1. The van der Waals surface area contributed by atoms with Crippen molar-refractivity contribution in [3.63, 3.8) is 0 Å². The second-order valence-electron chi connectivity index (χ2n) is 21.3. The van der Waals surface area contributed by atoms with Gasteiger partial charge in [0.15, 0.2) is 6.10 Å². The first-order valence-electron chi connectivity index (χ1n) is 31.6. The van der Waals surface area contributed by atoms with Crippen molar-refractivity contribution in [1.29, 1.82) is 0 Å². The molecule has 0 rings (SSSR count). The Kier molecular flexibility index (Phi) is 58.7. The highest BCUT2D eigenvalue weighted by Gasteiger charge is 2.19. The molecule has 1 unspecified atom stereocenters. The van der Waals surface area contributed by atoms with Crippen LogP contribution in [0.2, 0.25) is 0 Å². The van der Waals surface area contributed by atoms with Crippen LogP contribution in [0.3, 0.4) is 0 Å². The summed E-state index contributed by atoms with van der Waals surface area (Å²) in [5.74, 6) is -0.911. The number of esters is 3. The van der Waals surface area contributed by atoms with Crippen molar-refractivity contribution in [1.82, 2.24) is 0 Å². The van der Waals surface area contributed by atoms with Gasteiger partial charge in [-0.05, 0) is 57.8 Å². The molecule has 0 heterocycles. The lowest BCUT2D eigenvalue weighted by Gasteiger charge is -2.18. The first-order valence-corrected chi connectivity index (χ1v) is 31.6. The van der Waals surface area contributed by atoms with E-state index in [1.807, 2.05) is 0 Å². The highest BCUT2D eigenvalue weighted by atomic mass is 16.6. The number of ether oxygens (including phenoxy) is 3. The molecule has 0 aromatic heterocycles. The predicted molar refractivity (Wildman–Crippen MR) is 312 cm³/mol. The smallest absolute Gasteiger partial charge is 0.306 e. The van der Waals surface area contributed by atoms with Crippen LogP contribution < -0.4 is 0 Å². The normalized spacial score (nSPS) is 12.3. The maximum Gasteiger partial charge on any atom is 0.306 e. The molecular weight excluding hydrogens is 889 g/mol. The number of rotatable bonds is 58. The van der Waals surface area contributed by atoms with Gasteiger partial charge in [0.05, 0.1) is 0 Å². The van der Waals surface area contributed by atoms with Crippen LogP contribution in [0.1, 0.15) is 335 Å². The number of unbranched alkanes of at least 4 members (excludes halogenated alkanes) is 39. The van der Waals surface area contributed by atoms with Gasteiger partial charge in [-0.1, -0.05) is 307 Å². The summed E-state index contributed by atoms with van der Waals surface area (Å²) >= 11 is 0. The minimum Gasteiger partial charge on any atom is -0.462 e. The van der Waals surface area contributed by atoms with Gasteiger partial charge in [0.1, 0.15) is 13.2 Å². The highest BCUT2D eigenvalue weighted by molar-refractivity contribution is 5.71. The summed E-state index contributed by atoms with van der Waals surface area (Å²) in [5, 5.41) is 0. The number of carbonyl (C=O) groups is 3. The van der Waals surface area contributed by atoms with Gasteiger partial charge < -0.3 is 14.2 Å². The fourth-order valence-corrected chi connectivity index (χ4v) is 9.38. The SMILES string of the molecule is CC/C=C\C/C=C\C/C=C\C/C=C\CCCCC(=O)OC(COC(=O)CCCCCCCCCCCCC)COC(=O)CCCCCCCCCCCCCCCCCCCCCCCCCCCCCC. The summed E-state index contributed by atoms with van der Waals surface area (Å²) < 4.78 is 16.8. The van der Waals surface area contributed by atoms with Crippen LogP contribution in [0.4, 0.5) is 0 Å². The van der Waals surface area contributed by atoms with Crippen LogP contribution in [0.5, 0.6) is 0 Å². The van der Waals surface area contributed by atoms with Crippen LogP contribution in [-0.2, 0) is 28.6 Å². The lowest BCUT2D eigenvalue weighted by atomic mass is 10.0. The lowest BCUT2D eigenvalue weighted by molar-refractivity contribution is -0.167. The van der Waals surface area contributed by atoms with Gasteiger partial charge in [-0.3, -0.25) is 14.4 Å². The minimum absolute atomic E-state index is 0.0855. The zero-order valence-corrected chi connectivity index (χ0v) is 48.2. The Morgan fingerprint density at radius 3 is 0.847 bits per heavy atom. The lowest BCUT2D eigenvalue weighted by Crippen LogP contribution is -2.30. The molecule has 0 saturated carbocycles. The number of hydrogen-bond acceptors (Lipinski definition) is 6. The molecule has 72 heavy (non-hydrogen) atoms. The molecule has 420 valence electrons. The molecule has 0 amide bonds. The molecule has 0 aliphatic rings. The number of carbonyl (C=O) groups excluding carboxylic acids is 3. The first-order chi connectivity index (χ1) is 35.5. The van der Waals surface area contributed by atoms with Crippen LogP contribution in [0, 0.1) is 0 Å². The van der Waals surface area contributed by atoms with Crippen LogP contribution in [-0.4, -0.2) is 37.2 Å². The highest BCUT2D eigenvalue weighted by Crippen LogP contribution is 2.18. The predicted octanol–water partition coefficient (Wildman–Crippen LogP) is 21.4. The van der Waals surface area contributed by atoms with Crippen molar-refractivity contribution in [2.45, 2.75) is 341 Å².